The van der Waals surface area contributed by atoms with Gasteiger partial charge in [-0.15, -0.1) is 5.10 Å². The van der Waals surface area contributed by atoms with Gasteiger partial charge in [-0.05, 0) is 40.3 Å². The van der Waals surface area contributed by atoms with Crippen LogP contribution in [0.25, 0.3) is 11.4 Å². The topological polar surface area (TPSA) is 105 Å². The van der Waals surface area contributed by atoms with E-state index in [9.17, 15) is 22.8 Å². The Hall–Kier alpha value is -4.74. The first-order chi connectivity index (χ1) is 17.8. The second-order valence-corrected chi connectivity index (χ2v) is 8.64. The summed E-state index contributed by atoms with van der Waals surface area (Å²) in [6, 6.07) is 19.2. The molecule has 2 amide bonds. The number of halogens is 3. The van der Waals surface area contributed by atoms with Crippen molar-refractivity contribution in [3.8, 4) is 11.4 Å². The fourth-order valence-electron chi connectivity index (χ4n) is 4.88. The lowest BCUT2D eigenvalue weighted by atomic mass is 9.96. The number of alkyl halides is 3. The van der Waals surface area contributed by atoms with Gasteiger partial charge in [-0.25, -0.2) is 0 Å². The quantitative estimate of drug-likeness (QED) is 0.442. The molecule has 12 heteroatoms. The van der Waals surface area contributed by atoms with Gasteiger partial charge in [0.05, 0.1) is 11.3 Å². The molecule has 0 saturated heterocycles. The minimum Gasteiger partial charge on any atom is -0.350 e. The van der Waals surface area contributed by atoms with Gasteiger partial charge in [0.15, 0.2) is 5.82 Å². The van der Waals surface area contributed by atoms with Crippen LogP contribution >= 0.6 is 0 Å². The van der Waals surface area contributed by atoms with Crippen LogP contribution in [0.15, 0.2) is 72.8 Å². The van der Waals surface area contributed by atoms with E-state index in [1.165, 1.54) is 27.8 Å². The standard InChI is InChI=1S/C25H18F3N7O2/c26-25(27,28)17-9-3-1-7-15(17)13-29-21(36)14-34-20-12-6-4-10-18(20)24(23(34)37)30-19-11-5-2-8-16(19)22-31-32-33-35(22)24/h1-12,30H,13-14H2,(H,29,36). The number of hydrogen-bond acceptors (Lipinski definition) is 6. The number of tetrazole rings is 1. The highest BCUT2D eigenvalue weighted by atomic mass is 19.4. The summed E-state index contributed by atoms with van der Waals surface area (Å²) >= 11 is 0. The van der Waals surface area contributed by atoms with Gasteiger partial charge in [-0.2, -0.15) is 17.9 Å². The van der Waals surface area contributed by atoms with E-state index in [-0.39, 0.29) is 12.1 Å². The normalized spacial score (nSPS) is 17.7. The molecule has 3 aromatic carbocycles. The second kappa shape index (κ2) is 8.15. The summed E-state index contributed by atoms with van der Waals surface area (Å²) in [6.45, 7) is -0.751. The first kappa shape index (κ1) is 22.7. The van der Waals surface area contributed by atoms with Crippen molar-refractivity contribution >= 4 is 23.2 Å². The van der Waals surface area contributed by atoms with E-state index in [0.29, 0.717) is 28.3 Å². The van der Waals surface area contributed by atoms with Crippen molar-refractivity contribution in [1.82, 2.24) is 25.5 Å². The van der Waals surface area contributed by atoms with Crippen molar-refractivity contribution in [2.45, 2.75) is 18.4 Å². The third kappa shape index (κ3) is 3.44. The van der Waals surface area contributed by atoms with Crippen LogP contribution in [0.2, 0.25) is 0 Å². The fraction of sp³-hybridized carbons (Fsp3) is 0.160. The number of carbonyl (C=O) groups is 2. The third-order valence-corrected chi connectivity index (χ3v) is 6.51. The van der Waals surface area contributed by atoms with E-state index >= 15 is 0 Å². The van der Waals surface area contributed by atoms with E-state index in [2.05, 4.69) is 26.2 Å². The lowest BCUT2D eigenvalue weighted by Gasteiger charge is -2.35. The molecule has 186 valence electrons. The van der Waals surface area contributed by atoms with E-state index in [1.54, 1.807) is 30.3 Å². The van der Waals surface area contributed by atoms with Gasteiger partial charge in [0.2, 0.25) is 11.6 Å². The lowest BCUT2D eigenvalue weighted by Crippen LogP contribution is -2.54. The van der Waals surface area contributed by atoms with Crippen molar-refractivity contribution in [3.63, 3.8) is 0 Å². The predicted octanol–water partition coefficient (Wildman–Crippen LogP) is 3.15. The van der Waals surface area contributed by atoms with Gasteiger partial charge in [-0.1, -0.05) is 48.5 Å². The van der Waals surface area contributed by atoms with Gasteiger partial charge in [0.1, 0.15) is 6.54 Å². The number of rotatable bonds is 4. The van der Waals surface area contributed by atoms with Crippen LogP contribution in [0, 0.1) is 0 Å². The number of benzene rings is 3. The maximum Gasteiger partial charge on any atom is 0.416 e. The van der Waals surface area contributed by atoms with Crippen LogP contribution in [0.5, 0.6) is 0 Å². The molecule has 0 bridgehead atoms. The molecule has 6 rings (SSSR count). The summed E-state index contributed by atoms with van der Waals surface area (Å²) in [5.74, 6) is -0.736. The Morgan fingerprint density at radius 2 is 1.73 bits per heavy atom. The van der Waals surface area contributed by atoms with Crippen LogP contribution < -0.4 is 15.5 Å². The summed E-state index contributed by atoms with van der Waals surface area (Å²) < 4.78 is 41.4. The largest absolute Gasteiger partial charge is 0.416 e. The zero-order valence-electron chi connectivity index (χ0n) is 19.0. The highest BCUT2D eigenvalue weighted by molar-refractivity contribution is 6.12. The van der Waals surface area contributed by atoms with Crippen LogP contribution in [0.1, 0.15) is 16.7 Å². The Balaban J connectivity index is 1.32. The summed E-state index contributed by atoms with van der Waals surface area (Å²) in [4.78, 5) is 28.2. The molecule has 1 aromatic heterocycles. The highest BCUT2D eigenvalue weighted by Crippen LogP contribution is 2.48. The smallest absolute Gasteiger partial charge is 0.350 e. The van der Waals surface area contributed by atoms with Crippen molar-refractivity contribution in [3.05, 3.63) is 89.5 Å². The lowest BCUT2D eigenvalue weighted by molar-refractivity contribution is -0.138. The van der Waals surface area contributed by atoms with Gasteiger partial charge < -0.3 is 10.6 Å². The fourth-order valence-corrected chi connectivity index (χ4v) is 4.88. The molecule has 37 heavy (non-hydrogen) atoms. The van der Waals surface area contributed by atoms with E-state index in [4.69, 9.17) is 0 Å². The van der Waals surface area contributed by atoms with Crippen LogP contribution in [0.3, 0.4) is 0 Å². The van der Waals surface area contributed by atoms with Crippen molar-refractivity contribution in [2.75, 3.05) is 16.8 Å². The van der Waals surface area contributed by atoms with Crippen molar-refractivity contribution in [2.24, 2.45) is 0 Å². The number of nitrogens with one attached hydrogen (secondary N) is 2. The third-order valence-electron chi connectivity index (χ3n) is 6.51. The second-order valence-electron chi connectivity index (χ2n) is 8.64. The van der Waals surface area contributed by atoms with E-state index < -0.39 is 35.8 Å². The average molecular weight is 505 g/mol. The summed E-state index contributed by atoms with van der Waals surface area (Å²) in [5, 5.41) is 17.8. The summed E-state index contributed by atoms with van der Waals surface area (Å²) in [7, 11) is 0. The molecule has 2 aliphatic rings. The van der Waals surface area contributed by atoms with Crippen LogP contribution in [-0.4, -0.2) is 38.6 Å². The molecule has 0 radical (unpaired) electrons. The zero-order chi connectivity index (χ0) is 25.8. The molecule has 9 nitrogen and oxygen atoms in total. The maximum atomic E-state index is 14.0. The number of hydrogen-bond donors (Lipinski definition) is 2. The molecule has 3 heterocycles. The predicted molar refractivity (Wildman–Crippen MR) is 126 cm³/mol. The molecule has 1 unspecified atom stereocenters. The van der Waals surface area contributed by atoms with Crippen molar-refractivity contribution in [1.29, 1.82) is 0 Å². The Bertz CT molecular complexity index is 1550. The minimum atomic E-state index is -4.55. The number of para-hydroxylation sites is 2. The molecule has 2 N–H and O–H groups in total. The van der Waals surface area contributed by atoms with Gasteiger partial charge >= 0.3 is 6.18 Å². The Morgan fingerprint density at radius 3 is 2.57 bits per heavy atom. The average Bonchev–Trinajstić information content (AvgIpc) is 3.47. The molecule has 1 spiro atoms. The Kier molecular flexibility index (Phi) is 5.00. The first-order valence-corrected chi connectivity index (χ1v) is 11.3. The van der Waals surface area contributed by atoms with E-state index in [1.807, 2.05) is 18.2 Å². The highest BCUT2D eigenvalue weighted by Gasteiger charge is 2.57. The SMILES string of the molecule is O=C(CN1C(=O)C2(Nc3ccccc3-c3nnnn32)c2ccccc21)NCc1ccccc1C(F)(F)F. The van der Waals surface area contributed by atoms with Gasteiger partial charge in [-0.3, -0.25) is 14.5 Å². The Labute approximate surface area is 207 Å². The number of nitrogens with zero attached hydrogens (tertiary/aromatic N) is 5. The number of anilines is 2. The maximum absolute atomic E-state index is 14.0. The van der Waals surface area contributed by atoms with Crippen LogP contribution in [0.4, 0.5) is 24.5 Å². The minimum absolute atomic E-state index is 0.0724. The molecule has 4 aromatic rings. The molecular formula is C25H18F3N7O2. The number of amides is 2. The first-order valence-electron chi connectivity index (χ1n) is 11.3. The van der Waals surface area contributed by atoms with Gasteiger partial charge in [0.25, 0.3) is 5.91 Å². The van der Waals surface area contributed by atoms with Crippen molar-refractivity contribution < 1.29 is 22.8 Å². The molecule has 0 saturated carbocycles. The Morgan fingerprint density at radius 1 is 1.00 bits per heavy atom. The van der Waals surface area contributed by atoms with Gasteiger partial charge in [0, 0.05) is 23.4 Å². The molecule has 0 fully saturated rings. The number of aromatic nitrogens is 4. The molecule has 1 atom stereocenters. The molecular weight excluding hydrogens is 487 g/mol. The van der Waals surface area contributed by atoms with E-state index in [0.717, 1.165) is 6.07 Å². The number of carbonyl (C=O) groups excluding carboxylic acids is 2. The van der Waals surface area contributed by atoms with Crippen LogP contribution in [-0.2, 0) is 28.0 Å². The molecule has 2 aliphatic heterocycles. The summed E-state index contributed by atoms with van der Waals surface area (Å²) in [6.07, 6.45) is -4.55. The zero-order valence-corrected chi connectivity index (χ0v) is 19.0. The summed E-state index contributed by atoms with van der Waals surface area (Å²) in [5.41, 5.74) is -0.0756. The number of fused-ring (bicyclic) bond motifs is 6. The monoisotopic (exact) mass is 505 g/mol. The molecule has 0 aliphatic carbocycles.